The minimum Gasteiger partial charge on any atom is -0.506 e. The normalized spacial score (nSPS) is 12.3. The smallest absolute Gasteiger partial charge is 0.242 e. The molecule has 3 nitrogen and oxygen atoms in total. The Morgan fingerprint density at radius 2 is 2.20 bits per heavy atom. The summed E-state index contributed by atoms with van der Waals surface area (Å²) in [6.45, 7) is 1.46. The molecule has 0 heterocycles. The average molecular weight is 252 g/mol. The molecule has 0 aliphatic carbocycles. The molecular formula is C9H8Cl2FNO2. The predicted octanol–water partition coefficient (Wildman–Crippen LogP) is 2.75. The lowest BCUT2D eigenvalue weighted by Crippen LogP contribution is -2.20. The molecule has 0 saturated carbocycles. The number of benzene rings is 1. The number of hydrogen-bond acceptors (Lipinski definition) is 2. The number of carbonyl (C=O) groups excluding carboxylic acids is 1. The topological polar surface area (TPSA) is 49.3 Å². The van der Waals surface area contributed by atoms with Crippen LogP contribution in [-0.4, -0.2) is 16.4 Å². The fraction of sp³-hybridized carbons (Fsp3) is 0.222. The summed E-state index contributed by atoms with van der Waals surface area (Å²) in [5.41, 5.74) is -0.115. The number of amides is 1. The van der Waals surface area contributed by atoms with Gasteiger partial charge in [-0.15, -0.1) is 11.6 Å². The SMILES string of the molecule is CC(Cl)C(=O)Nc1cc(Cl)c(O)cc1F. The van der Waals surface area contributed by atoms with E-state index >= 15 is 0 Å². The van der Waals surface area contributed by atoms with Crippen LogP contribution in [-0.2, 0) is 4.79 Å². The zero-order chi connectivity index (χ0) is 11.6. The highest BCUT2D eigenvalue weighted by atomic mass is 35.5. The summed E-state index contributed by atoms with van der Waals surface area (Å²) in [5, 5.41) is 10.5. The second-order valence-corrected chi connectivity index (χ2v) is 3.95. The Kier molecular flexibility index (Phi) is 3.77. The molecule has 1 unspecified atom stereocenters. The Hall–Kier alpha value is -1.00. The molecule has 0 spiro atoms. The van der Waals surface area contributed by atoms with Crippen LogP contribution >= 0.6 is 23.2 Å². The molecule has 1 rings (SSSR count). The van der Waals surface area contributed by atoms with Gasteiger partial charge in [0.1, 0.15) is 16.9 Å². The first-order valence-electron chi connectivity index (χ1n) is 4.04. The van der Waals surface area contributed by atoms with E-state index in [4.69, 9.17) is 28.3 Å². The molecule has 1 atom stereocenters. The Bertz CT molecular complexity index is 396. The predicted molar refractivity (Wildman–Crippen MR) is 57.0 cm³/mol. The van der Waals surface area contributed by atoms with Gasteiger partial charge in [0.05, 0.1) is 10.7 Å². The van der Waals surface area contributed by atoms with E-state index in [0.717, 1.165) is 12.1 Å². The van der Waals surface area contributed by atoms with Crippen LogP contribution in [0.2, 0.25) is 5.02 Å². The van der Waals surface area contributed by atoms with Crippen LogP contribution < -0.4 is 5.32 Å². The van der Waals surface area contributed by atoms with Gasteiger partial charge in [-0.25, -0.2) is 4.39 Å². The molecule has 0 saturated heterocycles. The number of phenolic OH excluding ortho intramolecular Hbond substituents is 1. The number of nitrogens with one attached hydrogen (secondary N) is 1. The summed E-state index contributed by atoms with van der Waals surface area (Å²) in [6, 6.07) is 1.93. The number of rotatable bonds is 2. The monoisotopic (exact) mass is 251 g/mol. The lowest BCUT2D eigenvalue weighted by Gasteiger charge is -2.08. The molecule has 1 aromatic rings. The molecule has 0 aliphatic rings. The number of phenols is 1. The number of carbonyl (C=O) groups is 1. The van der Waals surface area contributed by atoms with E-state index in [1.165, 1.54) is 6.92 Å². The van der Waals surface area contributed by atoms with Crippen LogP contribution in [0.5, 0.6) is 5.75 Å². The highest BCUT2D eigenvalue weighted by Crippen LogP contribution is 2.29. The van der Waals surface area contributed by atoms with Crippen molar-refractivity contribution in [3.63, 3.8) is 0 Å². The van der Waals surface area contributed by atoms with Crippen LogP contribution in [0.4, 0.5) is 10.1 Å². The zero-order valence-corrected chi connectivity index (χ0v) is 9.23. The van der Waals surface area contributed by atoms with Gasteiger partial charge < -0.3 is 10.4 Å². The maximum Gasteiger partial charge on any atom is 0.242 e. The van der Waals surface area contributed by atoms with Crippen LogP contribution in [0.25, 0.3) is 0 Å². The first-order chi connectivity index (χ1) is 6.91. The van der Waals surface area contributed by atoms with Gasteiger partial charge >= 0.3 is 0 Å². The summed E-state index contributed by atoms with van der Waals surface area (Å²) in [7, 11) is 0. The largest absolute Gasteiger partial charge is 0.506 e. The van der Waals surface area contributed by atoms with Crippen LogP contribution in [0.3, 0.4) is 0 Å². The van der Waals surface area contributed by atoms with Crippen molar-refractivity contribution in [2.24, 2.45) is 0 Å². The van der Waals surface area contributed by atoms with Crippen molar-refractivity contribution in [1.29, 1.82) is 0 Å². The van der Waals surface area contributed by atoms with Gasteiger partial charge in [-0.2, -0.15) is 0 Å². The number of hydrogen-bond donors (Lipinski definition) is 2. The molecule has 1 amide bonds. The van der Waals surface area contributed by atoms with Gasteiger partial charge in [-0.1, -0.05) is 11.6 Å². The fourth-order valence-electron chi connectivity index (χ4n) is 0.864. The molecule has 0 aromatic heterocycles. The lowest BCUT2D eigenvalue weighted by molar-refractivity contribution is -0.115. The van der Waals surface area contributed by atoms with Crippen LogP contribution in [0.15, 0.2) is 12.1 Å². The maximum absolute atomic E-state index is 13.2. The Morgan fingerprint density at radius 1 is 1.60 bits per heavy atom. The molecule has 1 aromatic carbocycles. The molecule has 6 heteroatoms. The average Bonchev–Trinajstić information content (AvgIpc) is 2.13. The summed E-state index contributed by atoms with van der Waals surface area (Å²) in [6.07, 6.45) is 0. The van der Waals surface area contributed by atoms with Crippen molar-refractivity contribution in [2.75, 3.05) is 5.32 Å². The first-order valence-corrected chi connectivity index (χ1v) is 4.86. The van der Waals surface area contributed by atoms with Gasteiger partial charge in [0.25, 0.3) is 0 Å². The summed E-state index contributed by atoms with van der Waals surface area (Å²) in [4.78, 5) is 11.1. The molecule has 0 aliphatic heterocycles. The third kappa shape index (κ3) is 2.97. The van der Waals surface area contributed by atoms with E-state index < -0.39 is 17.1 Å². The van der Waals surface area contributed by atoms with E-state index in [-0.39, 0.29) is 16.5 Å². The number of halogens is 3. The Balaban J connectivity index is 2.96. The van der Waals surface area contributed by atoms with Crippen molar-refractivity contribution < 1.29 is 14.3 Å². The molecule has 15 heavy (non-hydrogen) atoms. The minimum atomic E-state index is -0.781. The number of alkyl halides is 1. The summed E-state index contributed by atoms with van der Waals surface area (Å²) in [5.74, 6) is -1.70. The quantitative estimate of drug-likeness (QED) is 0.628. The van der Waals surface area contributed by atoms with Crippen molar-refractivity contribution in [2.45, 2.75) is 12.3 Å². The van der Waals surface area contributed by atoms with Crippen molar-refractivity contribution in [1.82, 2.24) is 0 Å². The van der Waals surface area contributed by atoms with Crippen molar-refractivity contribution >= 4 is 34.8 Å². The van der Waals surface area contributed by atoms with Crippen molar-refractivity contribution in [3.05, 3.63) is 23.0 Å². The second kappa shape index (κ2) is 4.68. The Morgan fingerprint density at radius 3 is 2.73 bits per heavy atom. The molecule has 82 valence electrons. The third-order valence-electron chi connectivity index (χ3n) is 1.66. The summed E-state index contributed by atoms with van der Waals surface area (Å²) < 4.78 is 13.2. The molecule has 0 fully saturated rings. The molecular weight excluding hydrogens is 244 g/mol. The Labute approximate surface area is 95.8 Å². The lowest BCUT2D eigenvalue weighted by atomic mass is 10.2. The minimum absolute atomic E-state index is 0.0473. The van der Waals surface area contributed by atoms with Gasteiger partial charge in [0, 0.05) is 6.07 Å². The van der Waals surface area contributed by atoms with Gasteiger partial charge in [-0.3, -0.25) is 4.79 Å². The van der Waals surface area contributed by atoms with E-state index in [2.05, 4.69) is 5.32 Å². The van der Waals surface area contributed by atoms with Crippen LogP contribution in [0, 0.1) is 5.82 Å². The standard InChI is InChI=1S/C9H8Cl2FNO2/c1-4(10)9(15)13-7-2-5(11)8(14)3-6(7)12/h2-4,14H,1H3,(H,13,15). The van der Waals surface area contributed by atoms with Gasteiger partial charge in [0.2, 0.25) is 5.91 Å². The van der Waals surface area contributed by atoms with E-state index in [1.54, 1.807) is 0 Å². The first kappa shape index (κ1) is 12.1. The van der Waals surface area contributed by atoms with Crippen LogP contribution in [0.1, 0.15) is 6.92 Å². The third-order valence-corrected chi connectivity index (χ3v) is 2.16. The second-order valence-electron chi connectivity index (χ2n) is 2.89. The van der Waals surface area contributed by atoms with Gasteiger partial charge in [-0.05, 0) is 13.0 Å². The number of aromatic hydroxyl groups is 1. The summed E-state index contributed by atoms with van der Waals surface area (Å²) >= 11 is 11.0. The molecule has 0 radical (unpaired) electrons. The number of anilines is 1. The molecule has 2 N–H and O–H groups in total. The maximum atomic E-state index is 13.2. The van der Waals surface area contributed by atoms with Crippen molar-refractivity contribution in [3.8, 4) is 5.75 Å². The fourth-order valence-corrected chi connectivity index (χ4v) is 1.08. The molecule has 0 bridgehead atoms. The van der Waals surface area contributed by atoms with E-state index in [9.17, 15) is 9.18 Å². The highest BCUT2D eigenvalue weighted by molar-refractivity contribution is 6.33. The zero-order valence-electron chi connectivity index (χ0n) is 7.72. The van der Waals surface area contributed by atoms with E-state index in [0.29, 0.717) is 0 Å². The highest BCUT2D eigenvalue weighted by Gasteiger charge is 2.13. The van der Waals surface area contributed by atoms with E-state index in [1.807, 2.05) is 0 Å². The van der Waals surface area contributed by atoms with Gasteiger partial charge in [0.15, 0.2) is 0 Å².